The molecule has 1 saturated carbocycles. The normalized spacial score (nSPS) is 20.2. The average Bonchev–Trinajstić information content (AvgIpc) is 3.24. The first-order chi connectivity index (χ1) is 18.2. The zero-order chi connectivity index (χ0) is 27.7. The first-order valence-corrected chi connectivity index (χ1v) is 13.7. The lowest BCUT2D eigenvalue weighted by molar-refractivity contribution is -0.140. The van der Waals surface area contributed by atoms with Crippen molar-refractivity contribution in [1.29, 1.82) is 5.41 Å². The number of carbonyl (C=O) groups is 4. The number of amides is 2. The Kier molecular flexibility index (Phi) is 13.2. The number of esters is 1. The summed E-state index contributed by atoms with van der Waals surface area (Å²) in [6, 6.07) is 6.42. The second-order valence-electron chi connectivity index (χ2n) is 9.32. The largest absolute Gasteiger partial charge is 0.481 e. The molecule has 39 heavy (non-hydrogen) atoms. The number of carboxylic acid groups (broad SMARTS) is 1. The van der Waals surface area contributed by atoms with Gasteiger partial charge >= 0.3 is 11.9 Å². The lowest BCUT2D eigenvalue weighted by Gasteiger charge is -2.36. The number of methoxy groups -OCH3 is 1. The summed E-state index contributed by atoms with van der Waals surface area (Å²) < 4.78 is 4.63. The van der Waals surface area contributed by atoms with Crippen LogP contribution >= 0.6 is 35.7 Å². The fourth-order valence-electron chi connectivity index (χ4n) is 4.62. The lowest BCUT2D eigenvalue weighted by Crippen LogP contribution is -2.47. The van der Waals surface area contributed by atoms with Crippen molar-refractivity contribution in [2.45, 2.75) is 69.2 Å². The maximum atomic E-state index is 13.1. The Morgan fingerprint density at radius 2 is 1.67 bits per heavy atom. The summed E-state index contributed by atoms with van der Waals surface area (Å²) in [6.07, 6.45) is 5.27. The van der Waals surface area contributed by atoms with Gasteiger partial charge in [-0.2, -0.15) is 4.99 Å². The monoisotopic (exact) mass is 673 g/mol. The Hall–Kier alpha value is -2.68. The molecule has 3 rings (SSSR count). The first kappa shape index (κ1) is 32.5. The van der Waals surface area contributed by atoms with Crippen LogP contribution in [-0.2, 0) is 19.1 Å². The van der Waals surface area contributed by atoms with Gasteiger partial charge in [0.1, 0.15) is 11.1 Å². The van der Waals surface area contributed by atoms with Gasteiger partial charge in [-0.1, -0.05) is 43.2 Å². The highest BCUT2D eigenvalue weighted by Gasteiger charge is 2.44. The van der Waals surface area contributed by atoms with E-state index in [2.05, 4.69) is 25.3 Å². The molecule has 0 bridgehead atoms. The summed E-state index contributed by atoms with van der Waals surface area (Å²) in [5.74, 6) is -1.92. The van der Waals surface area contributed by atoms with Crippen LogP contribution in [0, 0.1) is 5.41 Å². The quantitative estimate of drug-likeness (QED) is 0.127. The number of nitrogens with zero attached hydrogens (tertiary/aromatic N) is 2. The Morgan fingerprint density at radius 1 is 1.05 bits per heavy atom. The van der Waals surface area contributed by atoms with Crippen LogP contribution < -0.4 is 10.6 Å². The van der Waals surface area contributed by atoms with Crippen molar-refractivity contribution in [3.63, 3.8) is 0 Å². The third kappa shape index (κ3) is 9.19. The summed E-state index contributed by atoms with van der Waals surface area (Å²) in [5, 5.41) is 22.4. The highest BCUT2D eigenvalue weighted by Crippen LogP contribution is 2.37. The van der Waals surface area contributed by atoms with Crippen LogP contribution in [0.4, 0.5) is 0 Å². The van der Waals surface area contributed by atoms with Crippen molar-refractivity contribution in [3.8, 4) is 0 Å². The Bertz CT molecular complexity index is 1080. The Labute approximate surface area is 249 Å². The van der Waals surface area contributed by atoms with E-state index in [1.807, 2.05) is 6.92 Å². The Balaban J connectivity index is 0.00000533. The molecule has 0 spiro atoms. The highest BCUT2D eigenvalue weighted by molar-refractivity contribution is 14.0. The van der Waals surface area contributed by atoms with E-state index in [1.165, 1.54) is 25.3 Å². The highest BCUT2D eigenvalue weighted by atomic mass is 127. The number of carboxylic acids is 1. The number of aliphatic carboxylic acids is 1. The zero-order valence-electron chi connectivity index (χ0n) is 22.1. The van der Waals surface area contributed by atoms with Crippen LogP contribution in [0.3, 0.4) is 0 Å². The third-order valence-corrected chi connectivity index (χ3v) is 8.05. The number of thioether (sulfide) groups is 1. The molecule has 2 atom stereocenters. The number of carbonyl (C=O) groups excluding carboxylic acids is 3. The lowest BCUT2D eigenvalue weighted by atomic mass is 9.93. The van der Waals surface area contributed by atoms with E-state index in [-0.39, 0.29) is 73.7 Å². The van der Waals surface area contributed by atoms with Crippen molar-refractivity contribution < 1.29 is 29.0 Å². The van der Waals surface area contributed by atoms with Gasteiger partial charge in [0.25, 0.3) is 5.91 Å². The molecule has 1 heterocycles. The number of halogens is 1. The fourth-order valence-corrected chi connectivity index (χ4v) is 5.93. The van der Waals surface area contributed by atoms with Gasteiger partial charge in [-0.3, -0.25) is 24.6 Å². The van der Waals surface area contributed by atoms with Crippen molar-refractivity contribution >= 4 is 70.5 Å². The predicted octanol–water partition coefficient (Wildman–Crippen LogP) is 3.01. The Morgan fingerprint density at radius 3 is 2.28 bits per heavy atom. The minimum atomic E-state index is -0.951. The van der Waals surface area contributed by atoms with Crippen LogP contribution in [0.15, 0.2) is 29.3 Å². The molecule has 1 aromatic rings. The number of ether oxygens (including phenoxy) is 1. The van der Waals surface area contributed by atoms with Crippen LogP contribution in [0.25, 0.3) is 0 Å². The molecule has 1 aliphatic heterocycles. The van der Waals surface area contributed by atoms with Crippen LogP contribution in [-0.4, -0.2) is 82.3 Å². The maximum absolute atomic E-state index is 13.1. The molecule has 2 fully saturated rings. The molecular formula is C26H36IN5O6S. The molecule has 4 N–H and O–H groups in total. The van der Waals surface area contributed by atoms with E-state index in [4.69, 9.17) is 10.5 Å². The molecule has 13 heteroatoms. The number of amidine groups is 2. The fraction of sp³-hybridized carbons (Fsp3) is 0.538. The van der Waals surface area contributed by atoms with Crippen LogP contribution in [0.5, 0.6) is 0 Å². The van der Waals surface area contributed by atoms with Gasteiger partial charge in [0.05, 0.1) is 20.0 Å². The number of nitrogens with one attached hydrogen (secondary N) is 3. The number of hydrogen-bond acceptors (Lipinski definition) is 7. The van der Waals surface area contributed by atoms with Gasteiger partial charge in [0.15, 0.2) is 5.17 Å². The minimum Gasteiger partial charge on any atom is -0.481 e. The second kappa shape index (κ2) is 15.8. The minimum absolute atomic E-state index is 0. The predicted molar refractivity (Wildman–Crippen MR) is 160 cm³/mol. The van der Waals surface area contributed by atoms with Crippen molar-refractivity contribution in [2.24, 2.45) is 4.99 Å². The van der Waals surface area contributed by atoms with Gasteiger partial charge in [-0.15, -0.1) is 24.0 Å². The van der Waals surface area contributed by atoms with Crippen molar-refractivity contribution in [3.05, 3.63) is 35.4 Å². The summed E-state index contributed by atoms with van der Waals surface area (Å²) in [6.45, 7) is 2.28. The molecule has 2 aliphatic rings. The number of hydrogen-bond donors (Lipinski definition) is 4. The smallest absolute Gasteiger partial charge is 0.307 e. The molecule has 2 unspecified atom stereocenters. The van der Waals surface area contributed by atoms with E-state index in [0.29, 0.717) is 16.3 Å². The molecule has 11 nitrogen and oxygen atoms in total. The summed E-state index contributed by atoms with van der Waals surface area (Å²) in [5.41, 5.74) is 0.874. The molecular weight excluding hydrogens is 637 g/mol. The number of benzene rings is 1. The molecule has 1 saturated heterocycles. The molecule has 1 aromatic carbocycles. The van der Waals surface area contributed by atoms with E-state index < -0.39 is 23.1 Å². The first-order valence-electron chi connectivity index (χ1n) is 12.8. The second-order valence-corrected chi connectivity index (χ2v) is 10.4. The topological polar surface area (TPSA) is 161 Å². The average molecular weight is 674 g/mol. The summed E-state index contributed by atoms with van der Waals surface area (Å²) in [7, 11) is 1.30. The molecule has 214 valence electrons. The van der Waals surface area contributed by atoms with Gasteiger partial charge in [-0.25, -0.2) is 0 Å². The van der Waals surface area contributed by atoms with E-state index in [0.717, 1.165) is 25.7 Å². The standard InChI is InChI=1S/C26H35N5O6S.HI/c1-16-22(25(36)29-15-13-21(34)37-2)38-26(31(16)19-6-4-3-5-7-19)30-24(35)18-10-8-17(9-11-18)23(27)28-14-12-20(32)33;/h8-11,16,19,22H,3-7,12-15H2,1-2H3,(H2,27,28)(H,29,36)(H,32,33);1H. The van der Waals surface area contributed by atoms with E-state index in [1.54, 1.807) is 24.3 Å². The SMILES string of the molecule is COC(=O)CCNC(=O)C1SC(=NC(=O)c2ccc(C(=N)NCCC(=O)O)cc2)N(C2CCCCC2)C1C.I. The summed E-state index contributed by atoms with van der Waals surface area (Å²) in [4.78, 5) is 54.7. The number of rotatable bonds is 10. The number of aliphatic imine (C=N–C) groups is 1. The van der Waals surface area contributed by atoms with Crippen LogP contribution in [0.1, 0.15) is 67.8 Å². The molecule has 0 aromatic heterocycles. The molecule has 0 radical (unpaired) electrons. The van der Waals surface area contributed by atoms with Gasteiger partial charge < -0.3 is 25.4 Å². The van der Waals surface area contributed by atoms with Crippen LogP contribution in [0.2, 0.25) is 0 Å². The zero-order valence-corrected chi connectivity index (χ0v) is 25.3. The van der Waals surface area contributed by atoms with Crippen molar-refractivity contribution in [2.75, 3.05) is 20.2 Å². The van der Waals surface area contributed by atoms with Crippen molar-refractivity contribution in [1.82, 2.24) is 15.5 Å². The van der Waals surface area contributed by atoms with Gasteiger partial charge in [-0.05, 0) is 31.9 Å². The van der Waals surface area contributed by atoms with Gasteiger partial charge in [0, 0.05) is 36.3 Å². The van der Waals surface area contributed by atoms with E-state index in [9.17, 15) is 19.2 Å². The third-order valence-electron chi connectivity index (χ3n) is 6.67. The molecule has 1 aliphatic carbocycles. The molecule has 2 amide bonds. The van der Waals surface area contributed by atoms with E-state index >= 15 is 0 Å². The van der Waals surface area contributed by atoms with Gasteiger partial charge in [0.2, 0.25) is 5.91 Å². The summed E-state index contributed by atoms with van der Waals surface area (Å²) >= 11 is 1.27. The maximum Gasteiger partial charge on any atom is 0.307 e.